The molecule has 2 aliphatic rings. The lowest BCUT2D eigenvalue weighted by Crippen LogP contribution is -2.29. The van der Waals surface area contributed by atoms with E-state index in [1.807, 2.05) is 6.92 Å². The van der Waals surface area contributed by atoms with Gasteiger partial charge in [-0.15, -0.1) is 0 Å². The molecule has 1 aromatic rings. The SMILES string of the molecule is Cc1nc(C2CC2)cc(=O)n1CC1CCCO1. The van der Waals surface area contributed by atoms with E-state index in [0.29, 0.717) is 12.5 Å². The van der Waals surface area contributed by atoms with Crippen LogP contribution in [0.5, 0.6) is 0 Å². The van der Waals surface area contributed by atoms with Gasteiger partial charge in [0, 0.05) is 18.6 Å². The Hall–Kier alpha value is -1.16. The molecule has 1 atom stereocenters. The molecule has 1 unspecified atom stereocenters. The minimum Gasteiger partial charge on any atom is -0.376 e. The lowest BCUT2D eigenvalue weighted by atomic mass is 10.2. The molecular weight excluding hydrogens is 216 g/mol. The molecule has 0 radical (unpaired) electrons. The highest BCUT2D eigenvalue weighted by molar-refractivity contribution is 5.14. The smallest absolute Gasteiger partial charge is 0.253 e. The van der Waals surface area contributed by atoms with Crippen LogP contribution in [0.2, 0.25) is 0 Å². The van der Waals surface area contributed by atoms with Gasteiger partial charge in [-0.3, -0.25) is 9.36 Å². The van der Waals surface area contributed by atoms with Gasteiger partial charge in [-0.2, -0.15) is 0 Å². The standard InChI is InChI=1S/C13H18N2O2/c1-9-14-12(10-4-5-10)7-13(16)15(9)8-11-3-2-6-17-11/h7,10-11H,2-6,8H2,1H3. The molecule has 1 saturated carbocycles. The summed E-state index contributed by atoms with van der Waals surface area (Å²) in [6, 6.07) is 1.71. The van der Waals surface area contributed by atoms with Gasteiger partial charge in [-0.1, -0.05) is 0 Å². The van der Waals surface area contributed by atoms with Crippen LogP contribution in [0.4, 0.5) is 0 Å². The molecule has 3 rings (SSSR count). The van der Waals surface area contributed by atoms with Crippen LogP contribution in [-0.2, 0) is 11.3 Å². The first-order valence-corrected chi connectivity index (χ1v) is 6.44. The fraction of sp³-hybridized carbons (Fsp3) is 0.692. The number of hydrogen-bond acceptors (Lipinski definition) is 3. The molecular formula is C13H18N2O2. The first kappa shape index (κ1) is 11.0. The van der Waals surface area contributed by atoms with Crippen LogP contribution in [0.3, 0.4) is 0 Å². The number of aryl methyl sites for hydroxylation is 1. The zero-order valence-corrected chi connectivity index (χ0v) is 10.2. The molecule has 1 aliphatic heterocycles. The summed E-state index contributed by atoms with van der Waals surface area (Å²) in [4.78, 5) is 16.6. The van der Waals surface area contributed by atoms with Crippen molar-refractivity contribution in [1.29, 1.82) is 0 Å². The number of hydrogen-bond donors (Lipinski definition) is 0. The van der Waals surface area contributed by atoms with Crippen molar-refractivity contribution in [2.24, 2.45) is 0 Å². The second-order valence-corrected chi connectivity index (χ2v) is 5.09. The van der Waals surface area contributed by atoms with E-state index >= 15 is 0 Å². The normalized spacial score (nSPS) is 24.2. The van der Waals surface area contributed by atoms with Crippen molar-refractivity contribution in [1.82, 2.24) is 9.55 Å². The lowest BCUT2D eigenvalue weighted by molar-refractivity contribution is 0.0953. The molecule has 2 heterocycles. The molecule has 0 bridgehead atoms. The summed E-state index contributed by atoms with van der Waals surface area (Å²) in [5, 5.41) is 0. The van der Waals surface area contributed by atoms with Gasteiger partial charge in [0.2, 0.25) is 0 Å². The van der Waals surface area contributed by atoms with Crippen molar-refractivity contribution < 1.29 is 4.74 Å². The predicted octanol–water partition coefficient (Wildman–Crippen LogP) is 1.61. The third-order valence-electron chi connectivity index (χ3n) is 3.62. The minimum absolute atomic E-state index is 0.0786. The van der Waals surface area contributed by atoms with Crippen molar-refractivity contribution in [2.45, 2.75) is 51.2 Å². The largest absolute Gasteiger partial charge is 0.376 e. The van der Waals surface area contributed by atoms with Gasteiger partial charge in [0.25, 0.3) is 5.56 Å². The van der Waals surface area contributed by atoms with Crippen LogP contribution >= 0.6 is 0 Å². The van der Waals surface area contributed by atoms with Crippen molar-refractivity contribution in [3.63, 3.8) is 0 Å². The topological polar surface area (TPSA) is 44.1 Å². The first-order chi connectivity index (χ1) is 8.24. The number of ether oxygens (including phenoxy) is 1. The van der Waals surface area contributed by atoms with Crippen LogP contribution in [-0.4, -0.2) is 22.3 Å². The van der Waals surface area contributed by atoms with Crippen molar-refractivity contribution in [3.05, 3.63) is 27.9 Å². The summed E-state index contributed by atoms with van der Waals surface area (Å²) in [6.45, 7) is 3.40. The van der Waals surface area contributed by atoms with Crippen LogP contribution in [0.1, 0.15) is 43.1 Å². The maximum atomic E-state index is 12.0. The molecule has 2 fully saturated rings. The summed E-state index contributed by atoms with van der Waals surface area (Å²) in [6.07, 6.45) is 4.71. The highest BCUT2D eigenvalue weighted by Crippen LogP contribution is 2.38. The molecule has 4 nitrogen and oxygen atoms in total. The first-order valence-electron chi connectivity index (χ1n) is 6.44. The van der Waals surface area contributed by atoms with Crippen LogP contribution in [0.25, 0.3) is 0 Å². The van der Waals surface area contributed by atoms with E-state index in [9.17, 15) is 4.79 Å². The third-order valence-corrected chi connectivity index (χ3v) is 3.62. The van der Waals surface area contributed by atoms with Gasteiger partial charge in [0.1, 0.15) is 5.82 Å². The van der Waals surface area contributed by atoms with E-state index in [-0.39, 0.29) is 11.7 Å². The number of rotatable bonds is 3. The summed E-state index contributed by atoms with van der Waals surface area (Å²) in [7, 11) is 0. The Labute approximate surface area is 101 Å². The Balaban J connectivity index is 1.85. The molecule has 1 aromatic heterocycles. The van der Waals surface area contributed by atoms with Crippen LogP contribution < -0.4 is 5.56 Å². The monoisotopic (exact) mass is 234 g/mol. The van der Waals surface area contributed by atoms with E-state index in [4.69, 9.17) is 4.74 Å². The molecule has 0 amide bonds. The van der Waals surface area contributed by atoms with Crippen molar-refractivity contribution >= 4 is 0 Å². The fourth-order valence-electron chi connectivity index (χ4n) is 2.45. The van der Waals surface area contributed by atoms with Gasteiger partial charge in [-0.25, -0.2) is 4.98 Å². The second-order valence-electron chi connectivity index (χ2n) is 5.09. The summed E-state index contributed by atoms with van der Waals surface area (Å²) >= 11 is 0. The summed E-state index contributed by atoms with van der Waals surface area (Å²) < 4.78 is 7.32. The predicted molar refractivity (Wildman–Crippen MR) is 64.2 cm³/mol. The zero-order valence-electron chi connectivity index (χ0n) is 10.2. The van der Waals surface area contributed by atoms with E-state index in [0.717, 1.165) is 31.0 Å². The van der Waals surface area contributed by atoms with Gasteiger partial charge >= 0.3 is 0 Å². The van der Waals surface area contributed by atoms with E-state index in [2.05, 4.69) is 4.98 Å². The Kier molecular flexibility index (Phi) is 2.74. The Morgan fingerprint density at radius 1 is 1.47 bits per heavy atom. The Morgan fingerprint density at radius 2 is 2.29 bits per heavy atom. The highest BCUT2D eigenvalue weighted by Gasteiger charge is 2.26. The quantitative estimate of drug-likeness (QED) is 0.798. The Bertz CT molecular complexity index is 471. The molecule has 92 valence electrons. The third kappa shape index (κ3) is 2.27. The number of aromatic nitrogens is 2. The molecule has 0 spiro atoms. The maximum Gasteiger partial charge on any atom is 0.253 e. The molecule has 1 aliphatic carbocycles. The summed E-state index contributed by atoms with van der Waals surface area (Å²) in [5.41, 5.74) is 1.06. The van der Waals surface area contributed by atoms with Gasteiger partial charge in [0.05, 0.1) is 18.3 Å². The van der Waals surface area contributed by atoms with Gasteiger partial charge in [-0.05, 0) is 32.6 Å². The average Bonchev–Trinajstić information content (AvgIpc) is 3.02. The molecule has 17 heavy (non-hydrogen) atoms. The van der Waals surface area contributed by atoms with Crippen molar-refractivity contribution in [3.8, 4) is 0 Å². The van der Waals surface area contributed by atoms with Crippen LogP contribution in [0.15, 0.2) is 10.9 Å². The minimum atomic E-state index is 0.0786. The molecule has 0 aromatic carbocycles. The van der Waals surface area contributed by atoms with Crippen molar-refractivity contribution in [2.75, 3.05) is 6.61 Å². The molecule has 4 heteroatoms. The van der Waals surface area contributed by atoms with Crippen LogP contribution in [0, 0.1) is 6.92 Å². The second kappa shape index (κ2) is 4.26. The maximum absolute atomic E-state index is 12.0. The van der Waals surface area contributed by atoms with E-state index in [1.54, 1.807) is 10.6 Å². The summed E-state index contributed by atoms with van der Waals surface area (Å²) in [5.74, 6) is 1.37. The van der Waals surface area contributed by atoms with Gasteiger partial charge in [0.15, 0.2) is 0 Å². The fourth-order valence-corrected chi connectivity index (χ4v) is 2.45. The van der Waals surface area contributed by atoms with E-state index in [1.165, 1.54) is 12.8 Å². The van der Waals surface area contributed by atoms with Gasteiger partial charge < -0.3 is 4.74 Å². The molecule has 0 N–H and O–H groups in total. The zero-order chi connectivity index (χ0) is 11.8. The number of nitrogens with zero attached hydrogens (tertiary/aromatic N) is 2. The Morgan fingerprint density at radius 3 is 2.88 bits per heavy atom. The molecule has 1 saturated heterocycles. The highest BCUT2D eigenvalue weighted by atomic mass is 16.5. The average molecular weight is 234 g/mol. The lowest BCUT2D eigenvalue weighted by Gasteiger charge is -2.14. The van der Waals surface area contributed by atoms with E-state index < -0.39 is 0 Å².